The Morgan fingerprint density at radius 1 is 0.730 bits per heavy atom. The molecule has 0 N–H and O–H groups in total. The lowest BCUT2D eigenvalue weighted by molar-refractivity contribution is 0.676. The Hall–Kier alpha value is -3.04. The van der Waals surface area contributed by atoms with Crippen molar-refractivity contribution < 1.29 is 0 Å². The van der Waals surface area contributed by atoms with Gasteiger partial charge in [0.2, 0.25) is 0 Å². The SMILES string of the molecule is Brc1cccc2ncccc12.CCCc1cccc2c1CCCC2.c1cc(C2CC2)c2cccnc2c1. The third-order valence-corrected chi connectivity index (χ3v) is 7.99. The summed E-state index contributed by atoms with van der Waals surface area (Å²) < 4.78 is 1.10. The molecule has 2 aliphatic rings. The summed E-state index contributed by atoms with van der Waals surface area (Å²) in [6.45, 7) is 2.27. The second-order valence-electron chi connectivity index (χ2n) is 10.0. The van der Waals surface area contributed by atoms with Gasteiger partial charge in [0.05, 0.1) is 11.0 Å². The van der Waals surface area contributed by atoms with Gasteiger partial charge in [-0.3, -0.25) is 9.97 Å². The Bertz CT molecular complexity index is 1460. The van der Waals surface area contributed by atoms with Crippen LogP contribution in [0.25, 0.3) is 21.8 Å². The molecule has 0 saturated heterocycles. The Morgan fingerprint density at radius 2 is 1.41 bits per heavy atom. The molecule has 3 aromatic carbocycles. The first-order valence-electron chi connectivity index (χ1n) is 13.7. The summed E-state index contributed by atoms with van der Waals surface area (Å²) >= 11 is 3.46. The van der Waals surface area contributed by atoms with E-state index in [9.17, 15) is 0 Å². The molecule has 188 valence electrons. The number of halogens is 1. The van der Waals surface area contributed by atoms with Gasteiger partial charge < -0.3 is 0 Å². The minimum absolute atomic E-state index is 0.813. The number of benzene rings is 3. The van der Waals surface area contributed by atoms with Crippen LogP contribution in [0, 0.1) is 0 Å². The van der Waals surface area contributed by atoms with Gasteiger partial charge in [-0.05, 0) is 103 Å². The minimum Gasteiger partial charge on any atom is -0.256 e. The zero-order valence-electron chi connectivity index (χ0n) is 21.7. The van der Waals surface area contributed by atoms with E-state index in [2.05, 4.69) is 75.3 Å². The summed E-state index contributed by atoms with van der Waals surface area (Å²) in [6.07, 6.45) is 14.3. The molecule has 0 amide bonds. The van der Waals surface area contributed by atoms with Gasteiger partial charge in [0.25, 0.3) is 0 Å². The van der Waals surface area contributed by atoms with Gasteiger partial charge in [0.15, 0.2) is 0 Å². The topological polar surface area (TPSA) is 25.8 Å². The van der Waals surface area contributed by atoms with Crippen molar-refractivity contribution in [2.75, 3.05) is 0 Å². The predicted molar refractivity (Wildman–Crippen MR) is 160 cm³/mol. The number of pyridine rings is 2. The van der Waals surface area contributed by atoms with E-state index in [1.165, 1.54) is 62.3 Å². The van der Waals surface area contributed by atoms with Crippen LogP contribution in [0.15, 0.2) is 95.7 Å². The fraction of sp³-hybridized carbons (Fsp3) is 0.294. The van der Waals surface area contributed by atoms with Crippen molar-refractivity contribution in [1.29, 1.82) is 0 Å². The summed E-state index contributed by atoms with van der Waals surface area (Å²) in [5.74, 6) is 0.813. The Kier molecular flexibility index (Phi) is 8.63. The standard InChI is InChI=1S/C13H18.C12H11N.C9H6BrN/c1-2-6-11-8-5-9-12-7-3-4-10-13(11)12;1-3-10(9-6-7-9)11-4-2-8-13-12(11)5-1;10-8-4-1-5-9-7(8)3-2-6-11-9/h5,8-9H,2-4,6-7,10H2,1H3;1-5,8-9H,6-7H2;1-6H. The lowest BCUT2D eigenvalue weighted by atomic mass is 9.87. The third kappa shape index (κ3) is 6.45. The third-order valence-electron chi connectivity index (χ3n) is 7.30. The highest BCUT2D eigenvalue weighted by molar-refractivity contribution is 9.10. The van der Waals surface area contributed by atoms with E-state index < -0.39 is 0 Å². The fourth-order valence-electron chi connectivity index (χ4n) is 5.31. The Labute approximate surface area is 229 Å². The molecule has 0 unspecified atom stereocenters. The lowest BCUT2D eigenvalue weighted by Gasteiger charge is -2.18. The number of aryl methyl sites for hydroxylation is 2. The van der Waals surface area contributed by atoms with E-state index in [0.717, 1.165) is 26.8 Å². The average molecular weight is 552 g/mol. The number of rotatable bonds is 3. The number of hydrogen-bond donors (Lipinski definition) is 0. The van der Waals surface area contributed by atoms with E-state index >= 15 is 0 Å². The number of hydrogen-bond acceptors (Lipinski definition) is 2. The van der Waals surface area contributed by atoms with Crippen LogP contribution >= 0.6 is 15.9 Å². The van der Waals surface area contributed by atoms with E-state index in [1.54, 1.807) is 22.9 Å². The Balaban J connectivity index is 0.000000114. The highest BCUT2D eigenvalue weighted by atomic mass is 79.9. The average Bonchev–Trinajstić information content (AvgIpc) is 3.80. The molecule has 2 aromatic heterocycles. The molecule has 2 nitrogen and oxygen atoms in total. The molecule has 0 spiro atoms. The van der Waals surface area contributed by atoms with Crippen LogP contribution in [0.2, 0.25) is 0 Å². The van der Waals surface area contributed by atoms with E-state index in [-0.39, 0.29) is 0 Å². The molecule has 0 radical (unpaired) electrons. The first-order chi connectivity index (χ1) is 18.2. The second-order valence-corrected chi connectivity index (χ2v) is 10.9. The van der Waals surface area contributed by atoms with Crippen molar-refractivity contribution in [1.82, 2.24) is 9.97 Å². The maximum absolute atomic E-state index is 4.35. The molecule has 2 heterocycles. The molecule has 2 aliphatic carbocycles. The molecular weight excluding hydrogens is 516 g/mol. The van der Waals surface area contributed by atoms with Crippen molar-refractivity contribution in [3.05, 3.63) is 118 Å². The van der Waals surface area contributed by atoms with Crippen LogP contribution in [0.5, 0.6) is 0 Å². The molecule has 0 atom stereocenters. The number of aromatic nitrogens is 2. The molecule has 5 aromatic rings. The van der Waals surface area contributed by atoms with Crippen LogP contribution in [0.4, 0.5) is 0 Å². The van der Waals surface area contributed by atoms with Crippen molar-refractivity contribution in [3.8, 4) is 0 Å². The monoisotopic (exact) mass is 550 g/mol. The Morgan fingerprint density at radius 3 is 2.14 bits per heavy atom. The highest BCUT2D eigenvalue weighted by Crippen LogP contribution is 2.42. The van der Waals surface area contributed by atoms with Gasteiger partial charge in [-0.1, -0.05) is 77.8 Å². The molecule has 1 fully saturated rings. The normalized spacial score (nSPS) is 14.2. The zero-order chi connectivity index (χ0) is 25.5. The first kappa shape index (κ1) is 25.6. The van der Waals surface area contributed by atoms with E-state index in [4.69, 9.17) is 0 Å². The van der Waals surface area contributed by atoms with Crippen LogP contribution < -0.4 is 0 Å². The quantitative estimate of drug-likeness (QED) is 0.223. The van der Waals surface area contributed by atoms with Gasteiger partial charge >= 0.3 is 0 Å². The fourth-order valence-corrected chi connectivity index (χ4v) is 5.80. The van der Waals surface area contributed by atoms with E-state index in [1.807, 2.05) is 42.6 Å². The molecule has 37 heavy (non-hydrogen) atoms. The summed E-state index contributed by atoms with van der Waals surface area (Å²) in [4.78, 5) is 8.56. The van der Waals surface area contributed by atoms with Gasteiger partial charge in [-0.25, -0.2) is 0 Å². The summed E-state index contributed by atoms with van der Waals surface area (Å²) in [6, 6.07) is 27.5. The largest absolute Gasteiger partial charge is 0.256 e. The summed E-state index contributed by atoms with van der Waals surface area (Å²) in [5, 5.41) is 2.50. The maximum atomic E-state index is 4.35. The van der Waals surface area contributed by atoms with Crippen LogP contribution in [-0.2, 0) is 19.3 Å². The number of fused-ring (bicyclic) bond motifs is 3. The minimum atomic E-state index is 0.813. The zero-order valence-corrected chi connectivity index (χ0v) is 23.3. The lowest BCUT2D eigenvalue weighted by Crippen LogP contribution is -2.05. The van der Waals surface area contributed by atoms with Gasteiger partial charge in [0, 0.05) is 27.6 Å². The van der Waals surface area contributed by atoms with E-state index in [0.29, 0.717) is 0 Å². The van der Waals surface area contributed by atoms with Crippen LogP contribution in [0.1, 0.15) is 67.2 Å². The highest BCUT2D eigenvalue weighted by Gasteiger charge is 2.24. The van der Waals surface area contributed by atoms with Crippen molar-refractivity contribution >= 4 is 37.7 Å². The van der Waals surface area contributed by atoms with Crippen molar-refractivity contribution in [2.45, 2.75) is 64.2 Å². The number of nitrogens with zero attached hydrogens (tertiary/aromatic N) is 2. The van der Waals surface area contributed by atoms with Crippen LogP contribution in [-0.4, -0.2) is 9.97 Å². The smallest absolute Gasteiger partial charge is 0.0713 e. The van der Waals surface area contributed by atoms with Gasteiger partial charge in [-0.15, -0.1) is 0 Å². The van der Waals surface area contributed by atoms with Crippen molar-refractivity contribution in [2.24, 2.45) is 0 Å². The molecular formula is C34H35BrN2. The molecule has 3 heteroatoms. The summed E-state index contributed by atoms with van der Waals surface area (Å²) in [7, 11) is 0. The van der Waals surface area contributed by atoms with Crippen LogP contribution in [0.3, 0.4) is 0 Å². The molecule has 7 rings (SSSR count). The first-order valence-corrected chi connectivity index (χ1v) is 14.5. The second kappa shape index (κ2) is 12.5. The van der Waals surface area contributed by atoms with Gasteiger partial charge in [-0.2, -0.15) is 0 Å². The summed E-state index contributed by atoms with van der Waals surface area (Å²) in [5.41, 5.74) is 8.56. The predicted octanol–water partition coefficient (Wildman–Crippen LogP) is 9.63. The van der Waals surface area contributed by atoms with Crippen molar-refractivity contribution in [3.63, 3.8) is 0 Å². The maximum Gasteiger partial charge on any atom is 0.0713 e. The molecule has 0 bridgehead atoms. The molecule has 1 saturated carbocycles. The van der Waals surface area contributed by atoms with Gasteiger partial charge in [0.1, 0.15) is 0 Å². The molecule has 0 aliphatic heterocycles.